The van der Waals surface area contributed by atoms with Gasteiger partial charge in [0.25, 0.3) is 0 Å². The number of ketones is 2. The molecule has 292 valence electrons. The summed E-state index contributed by atoms with van der Waals surface area (Å²) in [5.74, 6) is -8.38. The SMILES string of the molecule is COC(=O)C1CC(=O)CCC(C(=O)OC)(C(=O)OC)Cc2cccc(n2)CC(C(=O)OC)CC(=O)CCC(C(=O)OC)(C(=O)OC)Cc2cccc(n2)C1. The third kappa shape index (κ3) is 10.3. The van der Waals surface area contributed by atoms with Crippen LogP contribution in [0.5, 0.6) is 0 Å². The van der Waals surface area contributed by atoms with Crippen molar-refractivity contribution < 1.29 is 66.8 Å². The molecule has 0 saturated heterocycles. The van der Waals surface area contributed by atoms with Crippen LogP contribution in [-0.4, -0.2) is 100 Å². The molecule has 0 radical (unpaired) electrons. The average molecular weight is 755 g/mol. The van der Waals surface area contributed by atoms with Gasteiger partial charge < -0.3 is 28.4 Å². The number of carbonyl (C=O) groups is 8. The van der Waals surface area contributed by atoms with Crippen molar-refractivity contribution in [2.45, 2.75) is 64.2 Å². The molecule has 2 unspecified atom stereocenters. The minimum absolute atomic E-state index is 0.0983. The maximum Gasteiger partial charge on any atom is 0.323 e. The summed E-state index contributed by atoms with van der Waals surface area (Å²) in [6, 6.07) is 9.41. The predicted octanol–water partition coefficient (Wildman–Crippen LogP) is 2.08. The smallest absolute Gasteiger partial charge is 0.323 e. The van der Waals surface area contributed by atoms with Crippen LogP contribution in [0, 0.1) is 22.7 Å². The summed E-state index contributed by atoms with van der Waals surface area (Å²) in [7, 11) is 6.69. The molecule has 0 fully saturated rings. The van der Waals surface area contributed by atoms with E-state index in [0.29, 0.717) is 11.4 Å². The van der Waals surface area contributed by atoms with Crippen LogP contribution in [-0.2, 0) is 92.5 Å². The van der Waals surface area contributed by atoms with Gasteiger partial charge in [0.2, 0.25) is 0 Å². The van der Waals surface area contributed by atoms with Gasteiger partial charge in [-0.3, -0.25) is 48.3 Å². The van der Waals surface area contributed by atoms with E-state index in [1.54, 1.807) is 24.3 Å². The normalized spacial score (nSPS) is 19.4. The first-order valence-corrected chi connectivity index (χ1v) is 17.1. The Morgan fingerprint density at radius 3 is 1.11 bits per heavy atom. The Balaban J connectivity index is 2.19. The van der Waals surface area contributed by atoms with Crippen molar-refractivity contribution in [1.82, 2.24) is 9.97 Å². The van der Waals surface area contributed by atoms with E-state index in [4.69, 9.17) is 28.4 Å². The van der Waals surface area contributed by atoms with Gasteiger partial charge in [-0.25, -0.2) is 0 Å². The summed E-state index contributed by atoms with van der Waals surface area (Å²) in [6.45, 7) is 0. The molecule has 0 amide bonds. The van der Waals surface area contributed by atoms with E-state index < -0.39 is 70.0 Å². The monoisotopic (exact) mass is 754 g/mol. The summed E-state index contributed by atoms with van der Waals surface area (Å²) < 4.78 is 30.0. The highest BCUT2D eigenvalue weighted by atomic mass is 16.6. The van der Waals surface area contributed by atoms with Gasteiger partial charge >= 0.3 is 35.8 Å². The Hall–Kier alpha value is -5.54. The molecular formula is C38H46N2O14. The Morgan fingerprint density at radius 2 is 0.815 bits per heavy atom. The van der Waals surface area contributed by atoms with E-state index in [1.807, 2.05) is 0 Å². The lowest BCUT2D eigenvalue weighted by Gasteiger charge is -2.28. The lowest BCUT2D eigenvalue weighted by molar-refractivity contribution is -0.171. The molecule has 0 N–H and O–H groups in total. The van der Waals surface area contributed by atoms with Gasteiger partial charge in [0.1, 0.15) is 11.6 Å². The van der Waals surface area contributed by atoms with Crippen molar-refractivity contribution in [3.8, 4) is 0 Å². The second kappa shape index (κ2) is 19.5. The first-order valence-electron chi connectivity index (χ1n) is 17.1. The first-order chi connectivity index (χ1) is 25.7. The minimum atomic E-state index is -2.01. The van der Waals surface area contributed by atoms with Crippen LogP contribution in [0.1, 0.15) is 61.3 Å². The molecule has 0 aliphatic carbocycles. The number of methoxy groups -OCH3 is 6. The Labute approximate surface area is 312 Å². The molecule has 4 bridgehead atoms. The van der Waals surface area contributed by atoms with Crippen LogP contribution in [0.4, 0.5) is 0 Å². The van der Waals surface area contributed by atoms with Crippen LogP contribution in [0.2, 0.25) is 0 Å². The van der Waals surface area contributed by atoms with E-state index in [1.165, 1.54) is 12.1 Å². The van der Waals surface area contributed by atoms with E-state index in [2.05, 4.69) is 9.97 Å². The summed E-state index contributed by atoms with van der Waals surface area (Å²) in [5.41, 5.74) is -2.98. The van der Waals surface area contributed by atoms with Gasteiger partial charge in [0, 0.05) is 74.1 Å². The third-order valence-electron chi connectivity index (χ3n) is 9.59. The summed E-state index contributed by atoms with van der Waals surface area (Å²) in [5, 5.41) is 0. The zero-order chi connectivity index (χ0) is 40.1. The van der Waals surface area contributed by atoms with E-state index in [-0.39, 0.29) is 75.6 Å². The zero-order valence-electron chi connectivity index (χ0n) is 31.3. The number of Topliss-reactive ketones (excluding diaryl/α,β-unsaturated/α-hetero) is 2. The maximum absolute atomic E-state index is 13.5. The van der Waals surface area contributed by atoms with Crippen molar-refractivity contribution in [3.63, 3.8) is 0 Å². The standard InChI is InChI=1S/C38H46N2O14/c1-49-31(43)23-17-25-9-7-11-27(39-25)21-38(35(47)53-5,36(48)54-6)16-14-30(42)20-24(32(44)50-2)18-26-10-8-12-28(40-26)22-37(33(45)51-3,34(46)52-4)15-13-29(41)19-23/h7-12,23-24H,13-22H2,1-6H3. The topological polar surface area (TPSA) is 218 Å². The molecule has 16 nitrogen and oxygen atoms in total. The number of esters is 6. The van der Waals surface area contributed by atoms with Gasteiger partial charge in [-0.2, -0.15) is 0 Å². The molecule has 2 aromatic rings. The van der Waals surface area contributed by atoms with Gasteiger partial charge in [0.05, 0.1) is 54.5 Å². The molecule has 2 atom stereocenters. The highest BCUT2D eigenvalue weighted by Crippen LogP contribution is 2.35. The van der Waals surface area contributed by atoms with Gasteiger partial charge in [0.15, 0.2) is 10.8 Å². The van der Waals surface area contributed by atoms with Gasteiger partial charge in [-0.1, -0.05) is 12.1 Å². The van der Waals surface area contributed by atoms with Crippen LogP contribution >= 0.6 is 0 Å². The summed E-state index contributed by atoms with van der Waals surface area (Å²) in [6.07, 6.45) is -3.02. The molecule has 1 aliphatic rings. The number of carbonyl (C=O) groups excluding carboxylic acids is 8. The highest BCUT2D eigenvalue weighted by Gasteiger charge is 2.50. The zero-order valence-corrected chi connectivity index (χ0v) is 31.3. The van der Waals surface area contributed by atoms with Crippen LogP contribution in [0.25, 0.3) is 0 Å². The maximum atomic E-state index is 13.5. The van der Waals surface area contributed by atoms with Crippen molar-refractivity contribution in [1.29, 1.82) is 0 Å². The molecule has 3 heterocycles. The molecule has 0 aromatic carbocycles. The van der Waals surface area contributed by atoms with E-state index in [0.717, 1.165) is 42.7 Å². The Morgan fingerprint density at radius 1 is 0.500 bits per heavy atom. The molecule has 1 aliphatic heterocycles. The molecule has 0 saturated carbocycles. The van der Waals surface area contributed by atoms with Crippen molar-refractivity contribution >= 4 is 47.4 Å². The van der Waals surface area contributed by atoms with Crippen LogP contribution in [0.15, 0.2) is 36.4 Å². The van der Waals surface area contributed by atoms with E-state index in [9.17, 15) is 38.4 Å². The molecular weight excluding hydrogens is 708 g/mol. The largest absolute Gasteiger partial charge is 0.469 e. The first kappa shape index (κ1) is 42.9. The summed E-state index contributed by atoms with van der Waals surface area (Å²) >= 11 is 0. The fraction of sp³-hybridized carbons (Fsp3) is 0.526. The van der Waals surface area contributed by atoms with Crippen molar-refractivity contribution in [2.24, 2.45) is 22.7 Å². The van der Waals surface area contributed by atoms with Gasteiger partial charge in [-0.15, -0.1) is 0 Å². The quantitative estimate of drug-likeness (QED) is 0.234. The predicted molar refractivity (Wildman–Crippen MR) is 185 cm³/mol. The third-order valence-corrected chi connectivity index (χ3v) is 9.59. The number of pyridine rings is 2. The molecule has 2 aromatic heterocycles. The fourth-order valence-electron chi connectivity index (χ4n) is 6.70. The van der Waals surface area contributed by atoms with Crippen LogP contribution in [0.3, 0.4) is 0 Å². The molecule has 0 spiro atoms. The van der Waals surface area contributed by atoms with E-state index >= 15 is 0 Å². The second-order valence-corrected chi connectivity index (χ2v) is 13.1. The highest BCUT2D eigenvalue weighted by molar-refractivity contribution is 6.01. The van der Waals surface area contributed by atoms with Crippen LogP contribution < -0.4 is 0 Å². The Kier molecular flexibility index (Phi) is 15.5. The molecule has 54 heavy (non-hydrogen) atoms. The number of nitrogens with zero attached hydrogens (tertiary/aromatic N) is 2. The number of aromatic nitrogens is 2. The minimum Gasteiger partial charge on any atom is -0.469 e. The number of rotatable bonds is 6. The number of hydrogen-bond acceptors (Lipinski definition) is 16. The lowest BCUT2D eigenvalue weighted by Crippen LogP contribution is -2.44. The average Bonchev–Trinajstić information content (AvgIpc) is 3.18. The lowest BCUT2D eigenvalue weighted by atomic mass is 9.77. The second-order valence-electron chi connectivity index (χ2n) is 13.1. The van der Waals surface area contributed by atoms with Crippen molar-refractivity contribution in [2.75, 3.05) is 42.7 Å². The fourth-order valence-corrected chi connectivity index (χ4v) is 6.70. The number of hydrogen-bond donors (Lipinski definition) is 0. The number of fused-ring (bicyclic) bond motifs is 4. The Bertz CT molecular complexity index is 1580. The van der Waals surface area contributed by atoms with Gasteiger partial charge in [-0.05, 0) is 37.1 Å². The molecule has 3 rings (SSSR count). The summed E-state index contributed by atoms with van der Waals surface area (Å²) in [4.78, 5) is 115. The number of ether oxygens (including phenoxy) is 6. The molecule has 16 heteroatoms. The van der Waals surface area contributed by atoms with Crippen molar-refractivity contribution in [3.05, 3.63) is 59.2 Å².